The number of rotatable bonds is 6. The second kappa shape index (κ2) is 13.5. The minimum absolute atomic E-state index is 0.345. The highest BCUT2D eigenvalue weighted by molar-refractivity contribution is 6.52. The van der Waals surface area contributed by atoms with Gasteiger partial charge in [0.25, 0.3) is 0 Å². The molecule has 0 saturated carbocycles. The molecule has 1 aliphatic carbocycles. The number of hydrazone groups is 1. The topological polar surface area (TPSA) is 74.0 Å². The molecule has 0 spiro atoms. The number of nitrogens with one attached hydrogen (secondary N) is 2. The molecule has 0 saturated heterocycles. The maximum atomic E-state index is 9.05. The van der Waals surface area contributed by atoms with Crippen LogP contribution >= 0.6 is 0 Å². The predicted molar refractivity (Wildman–Crippen MR) is 231 cm³/mol. The third kappa shape index (κ3) is 5.58. The van der Waals surface area contributed by atoms with Gasteiger partial charge < -0.3 is 0 Å². The van der Waals surface area contributed by atoms with Crippen molar-refractivity contribution in [3.63, 3.8) is 0 Å². The van der Waals surface area contributed by atoms with Crippen molar-refractivity contribution in [1.82, 2.24) is 9.97 Å². The summed E-state index contributed by atoms with van der Waals surface area (Å²) < 4.78 is 0. The van der Waals surface area contributed by atoms with E-state index >= 15 is 0 Å². The van der Waals surface area contributed by atoms with Crippen molar-refractivity contribution in [2.24, 2.45) is 5.10 Å². The molecule has 5 nitrogen and oxygen atoms in total. The Kier molecular flexibility index (Phi) is 7.89. The first-order valence-electron chi connectivity index (χ1n) is 18.3. The number of anilines is 1. The van der Waals surface area contributed by atoms with Gasteiger partial charge in [0.2, 0.25) is 0 Å². The molecule has 7 aromatic carbocycles. The molecule has 258 valence electrons. The van der Waals surface area contributed by atoms with Gasteiger partial charge in [-0.2, -0.15) is 5.10 Å². The molecule has 55 heavy (non-hydrogen) atoms. The number of fused-ring (bicyclic) bond motifs is 4. The SMILES string of the molecule is N=C1C=C(c2c3ccccc3c(-c3cccnc3)c3ccccc23)C=C/C1=N/Nc1ccc(-c2c3ccccc3c(-c3cccnc3)c3ccccc23)cc1. The van der Waals surface area contributed by atoms with Gasteiger partial charge in [0.1, 0.15) is 5.71 Å². The first-order valence-corrected chi connectivity index (χ1v) is 18.3. The van der Waals surface area contributed by atoms with Gasteiger partial charge in [0.05, 0.1) is 11.4 Å². The van der Waals surface area contributed by atoms with E-state index in [1.165, 1.54) is 38.2 Å². The zero-order valence-corrected chi connectivity index (χ0v) is 29.7. The third-order valence-corrected chi connectivity index (χ3v) is 10.5. The van der Waals surface area contributed by atoms with Crippen LogP contribution in [-0.2, 0) is 0 Å². The summed E-state index contributed by atoms with van der Waals surface area (Å²) in [6.45, 7) is 0. The predicted octanol–water partition coefficient (Wildman–Crippen LogP) is 12.5. The van der Waals surface area contributed by atoms with E-state index in [-0.39, 0.29) is 0 Å². The van der Waals surface area contributed by atoms with E-state index in [1.807, 2.05) is 49.1 Å². The molecule has 10 rings (SSSR count). The lowest BCUT2D eigenvalue weighted by atomic mass is 9.85. The van der Waals surface area contributed by atoms with Gasteiger partial charge in [-0.1, -0.05) is 127 Å². The van der Waals surface area contributed by atoms with Gasteiger partial charge in [-0.05, 0) is 113 Å². The maximum absolute atomic E-state index is 9.05. The molecule has 2 N–H and O–H groups in total. The van der Waals surface area contributed by atoms with Gasteiger partial charge in [-0.25, -0.2) is 0 Å². The molecule has 0 bridgehead atoms. The zero-order chi connectivity index (χ0) is 36.7. The second-order valence-electron chi connectivity index (χ2n) is 13.7. The van der Waals surface area contributed by atoms with E-state index < -0.39 is 0 Å². The van der Waals surface area contributed by atoms with Gasteiger partial charge in [0, 0.05) is 35.9 Å². The average molecular weight is 704 g/mol. The molecule has 0 amide bonds. The van der Waals surface area contributed by atoms with Gasteiger partial charge in [-0.15, -0.1) is 0 Å². The number of benzene rings is 7. The number of hydrogen-bond donors (Lipinski definition) is 2. The first kappa shape index (κ1) is 32.2. The Morgan fingerprint density at radius 2 is 0.836 bits per heavy atom. The number of pyridine rings is 2. The normalized spacial score (nSPS) is 13.6. The van der Waals surface area contributed by atoms with E-state index in [4.69, 9.17) is 5.41 Å². The second-order valence-corrected chi connectivity index (χ2v) is 13.7. The van der Waals surface area contributed by atoms with Crippen LogP contribution in [0.4, 0.5) is 5.69 Å². The van der Waals surface area contributed by atoms with E-state index in [9.17, 15) is 0 Å². The fraction of sp³-hybridized carbons (Fsp3) is 0. The van der Waals surface area contributed by atoms with Gasteiger partial charge in [0.15, 0.2) is 0 Å². The fourth-order valence-corrected chi connectivity index (χ4v) is 8.15. The third-order valence-electron chi connectivity index (χ3n) is 10.5. The molecule has 2 aromatic heterocycles. The summed E-state index contributed by atoms with van der Waals surface area (Å²) in [5, 5.41) is 23.1. The Morgan fingerprint density at radius 3 is 1.24 bits per heavy atom. The Labute approximate surface area is 318 Å². The van der Waals surface area contributed by atoms with Crippen LogP contribution in [0.25, 0.3) is 82.0 Å². The van der Waals surface area contributed by atoms with E-state index in [0.717, 1.165) is 55.1 Å². The maximum Gasteiger partial charge on any atom is 0.108 e. The molecular weight excluding hydrogens is 671 g/mol. The summed E-state index contributed by atoms with van der Waals surface area (Å²) in [5.41, 5.74) is 13.9. The molecule has 0 atom stereocenters. The smallest absolute Gasteiger partial charge is 0.108 e. The molecule has 9 aromatic rings. The Bertz CT molecular complexity index is 2940. The first-order chi connectivity index (χ1) is 27.2. The summed E-state index contributed by atoms with van der Waals surface area (Å²) in [7, 11) is 0. The largest absolute Gasteiger partial charge is 0.299 e. The molecular formula is C50H33N5. The van der Waals surface area contributed by atoms with Crippen LogP contribution in [0.1, 0.15) is 5.56 Å². The van der Waals surface area contributed by atoms with Crippen LogP contribution < -0.4 is 5.43 Å². The van der Waals surface area contributed by atoms with Gasteiger partial charge in [-0.3, -0.25) is 20.8 Å². The van der Waals surface area contributed by atoms with E-state index in [0.29, 0.717) is 11.4 Å². The zero-order valence-electron chi connectivity index (χ0n) is 29.7. The van der Waals surface area contributed by atoms with Gasteiger partial charge >= 0.3 is 0 Å². The Balaban J connectivity index is 0.978. The minimum Gasteiger partial charge on any atom is -0.299 e. The Hall–Kier alpha value is -7.50. The van der Waals surface area contributed by atoms with E-state index in [2.05, 4.69) is 160 Å². The van der Waals surface area contributed by atoms with Crippen molar-refractivity contribution in [2.75, 3.05) is 5.43 Å². The highest BCUT2D eigenvalue weighted by atomic mass is 15.3. The molecule has 0 unspecified atom stereocenters. The summed E-state index contributed by atoms with van der Waals surface area (Å²) >= 11 is 0. The van der Waals surface area contributed by atoms with Crippen LogP contribution in [0.3, 0.4) is 0 Å². The lowest BCUT2D eigenvalue weighted by molar-refractivity contribution is 1.33. The number of aromatic nitrogens is 2. The lowest BCUT2D eigenvalue weighted by Gasteiger charge is -2.19. The highest BCUT2D eigenvalue weighted by Crippen LogP contribution is 2.44. The number of hydrogen-bond acceptors (Lipinski definition) is 5. The summed E-state index contributed by atoms with van der Waals surface area (Å²) in [6.07, 6.45) is 13.4. The monoisotopic (exact) mass is 703 g/mol. The van der Waals surface area contributed by atoms with Crippen molar-refractivity contribution >= 4 is 65.8 Å². The van der Waals surface area contributed by atoms with Crippen LogP contribution in [0.5, 0.6) is 0 Å². The number of nitrogens with zero attached hydrogens (tertiary/aromatic N) is 3. The molecule has 5 heteroatoms. The van der Waals surface area contributed by atoms with Crippen LogP contribution in [0.15, 0.2) is 194 Å². The quantitative estimate of drug-likeness (QED) is 0.103. The fourth-order valence-electron chi connectivity index (χ4n) is 8.15. The summed E-state index contributed by atoms with van der Waals surface area (Å²) in [5.74, 6) is 0. The van der Waals surface area contributed by atoms with Crippen LogP contribution in [-0.4, -0.2) is 21.4 Å². The summed E-state index contributed by atoms with van der Waals surface area (Å²) in [4.78, 5) is 8.86. The molecule has 0 aliphatic heterocycles. The highest BCUT2D eigenvalue weighted by Gasteiger charge is 2.20. The van der Waals surface area contributed by atoms with Crippen molar-refractivity contribution in [3.8, 4) is 33.4 Å². The molecule has 0 fully saturated rings. The van der Waals surface area contributed by atoms with Crippen molar-refractivity contribution in [2.45, 2.75) is 0 Å². The van der Waals surface area contributed by atoms with Crippen LogP contribution in [0.2, 0.25) is 0 Å². The van der Waals surface area contributed by atoms with Crippen molar-refractivity contribution in [3.05, 3.63) is 194 Å². The average Bonchev–Trinajstić information content (AvgIpc) is 3.25. The van der Waals surface area contributed by atoms with Crippen LogP contribution in [0, 0.1) is 5.41 Å². The molecule has 2 heterocycles. The molecule has 1 aliphatic rings. The minimum atomic E-state index is 0.345. The van der Waals surface area contributed by atoms with E-state index in [1.54, 1.807) is 0 Å². The summed E-state index contributed by atoms with van der Waals surface area (Å²) in [6, 6.07) is 50.9. The molecule has 0 radical (unpaired) electrons. The van der Waals surface area contributed by atoms with Crippen molar-refractivity contribution in [1.29, 1.82) is 5.41 Å². The van der Waals surface area contributed by atoms with Crippen molar-refractivity contribution < 1.29 is 0 Å². The standard InChI is InChI=1S/C50H33N5/c51-45-29-33(48-39-15-3-7-19-43(39)50(35-12-10-28-53-31-35)44-20-8-4-16-40(44)48)23-26-46(45)55-54-36-24-21-32(22-25-36)47-37-13-1-5-17-41(37)49(34-11-9-27-52-30-34)42-18-6-2-14-38(42)47/h1-31,51,54H/b51-45?,55-46-. The lowest BCUT2D eigenvalue weighted by Crippen LogP contribution is -2.13. The Morgan fingerprint density at radius 1 is 0.418 bits per heavy atom. The number of allylic oxidation sites excluding steroid dienone is 4.